The Kier molecular flexibility index (Phi) is 33.8. The van der Waals surface area contributed by atoms with Crippen molar-refractivity contribution in [2.75, 3.05) is 18.1 Å². The Bertz CT molecular complexity index is 4170. The number of nitrogens with zero attached hydrogens (tertiary/aromatic N) is 1. The molecule has 19 N–H and O–H groups in total. The quantitative estimate of drug-likeness (QED) is 0.0844. The number of H-pyrrole nitrogens is 1. The molecule has 13 atom stereocenters. The third-order valence-corrected chi connectivity index (χ3v) is 22.3. The number of primary amides is 1. The smallest absolute Gasteiger partial charge is 0.245 e. The van der Waals surface area contributed by atoms with Gasteiger partial charge in [-0.15, -0.1) is 0 Å². The van der Waals surface area contributed by atoms with Gasteiger partial charge < -0.3 is 94.9 Å². The second-order valence-corrected chi connectivity index (χ2v) is 32.6. The molecule has 8 rings (SSSR count). The molecule has 4 heterocycles. The number of aromatic hydroxyl groups is 2. The maximum absolute atomic E-state index is 15.3. The summed E-state index contributed by atoms with van der Waals surface area (Å²) in [6, 6.07) is 5.57. The van der Waals surface area contributed by atoms with Crippen molar-refractivity contribution in [1.82, 2.24) is 73.8 Å². The number of carbonyl (C=O) groups excluding carboxylic acids is 13. The molecule has 1 aliphatic carbocycles. The molecule has 13 amide bonds. The molecule has 1 saturated heterocycles. The van der Waals surface area contributed by atoms with E-state index in [0.717, 1.165) is 17.5 Å². The number of phenolic OH excluding ortho intramolecular Hbond substituents is 2. The van der Waals surface area contributed by atoms with Crippen LogP contribution in [0.4, 0.5) is 0 Å². The largest absolute Gasteiger partial charge is 0.508 e. The summed E-state index contributed by atoms with van der Waals surface area (Å²) in [5.41, 5.74) is 8.37. The number of amides is 13. The summed E-state index contributed by atoms with van der Waals surface area (Å²) in [5, 5.41) is 76.4. The number of thioether (sulfide) groups is 2. The number of aromatic amines is 1. The minimum Gasteiger partial charge on any atom is -0.508 e. The van der Waals surface area contributed by atoms with Gasteiger partial charge in [-0.25, -0.2) is 4.98 Å². The molecular formula is C80H109N15O17S2. The molecule has 3 aromatic carbocycles. The van der Waals surface area contributed by atoms with E-state index < -0.39 is 180 Å². The van der Waals surface area contributed by atoms with Crippen LogP contribution >= 0.6 is 23.5 Å². The number of carbonyl (C=O) groups is 13. The van der Waals surface area contributed by atoms with Crippen molar-refractivity contribution in [3.05, 3.63) is 125 Å². The SMILES string of the molecule is CCC[C@@H]1NC(=O)[C@H](Cc2c[nH]c3ncccc23)NC(=O)[C@H]([C@@H](C)O)NC(=O)[C@@H]2CCCCNC(=O)CC[C@H](NC1=O)C(=O)N[C@@H](Cc1ccc(O)cc1)C(=O)N[C@@H](C1CCCCC1)C(=O)N[C@@H]([C@@H](C)O)C(=O)N[C@@H](C(N)=O)CSCc1cccc(c1)CSCCC(=O)N[C@@H](C(C)(C)C)C(=O)N[C@@H](Cc1ccc(O)cc1)C(=O)N2. The second-order valence-electron chi connectivity index (χ2n) is 30.5. The van der Waals surface area contributed by atoms with Crippen molar-refractivity contribution >= 4 is 111 Å². The zero-order valence-corrected chi connectivity index (χ0v) is 66.7. The number of aliphatic hydroxyl groups is 2. The average Bonchev–Trinajstić information content (AvgIpc) is 1.56. The molecule has 34 heteroatoms. The minimum atomic E-state index is -1.84. The predicted molar refractivity (Wildman–Crippen MR) is 428 cm³/mol. The van der Waals surface area contributed by atoms with Gasteiger partial charge >= 0.3 is 0 Å². The monoisotopic (exact) mass is 1620 g/mol. The Balaban J connectivity index is 1.19. The minimum absolute atomic E-state index is 0.0306. The molecule has 4 bridgehead atoms. The van der Waals surface area contributed by atoms with Gasteiger partial charge in [0.2, 0.25) is 76.8 Å². The number of hydrogen-bond acceptors (Lipinski definition) is 20. The molecule has 32 nitrogen and oxygen atoms in total. The Labute approximate surface area is 670 Å². The molecule has 114 heavy (non-hydrogen) atoms. The van der Waals surface area contributed by atoms with E-state index in [1.165, 1.54) is 92.1 Å². The fourth-order valence-corrected chi connectivity index (χ4v) is 15.7. The normalized spacial score (nSPS) is 25.4. The maximum atomic E-state index is 15.3. The van der Waals surface area contributed by atoms with Gasteiger partial charge in [0, 0.05) is 79.4 Å². The fraction of sp³-hybridized carbons (Fsp3) is 0.525. The van der Waals surface area contributed by atoms with Gasteiger partial charge in [-0.05, 0) is 134 Å². The molecule has 2 aliphatic heterocycles. The highest BCUT2D eigenvalue weighted by Gasteiger charge is 2.41. The molecule has 0 spiro atoms. The third-order valence-electron chi connectivity index (χ3n) is 20.2. The van der Waals surface area contributed by atoms with Crippen LogP contribution in [0.5, 0.6) is 11.5 Å². The first-order valence-corrected chi connectivity index (χ1v) is 41.1. The van der Waals surface area contributed by atoms with E-state index >= 15 is 19.2 Å². The van der Waals surface area contributed by atoms with Crippen LogP contribution in [0.25, 0.3) is 11.0 Å². The Hall–Kier alpha value is -10.3. The Morgan fingerprint density at radius 1 is 0.535 bits per heavy atom. The number of fused-ring (bicyclic) bond motifs is 12. The molecular weight excluding hydrogens is 1510 g/mol. The van der Waals surface area contributed by atoms with Gasteiger partial charge in [0.05, 0.1) is 12.2 Å². The maximum Gasteiger partial charge on any atom is 0.245 e. The van der Waals surface area contributed by atoms with Crippen LogP contribution in [-0.2, 0) is 93.1 Å². The summed E-state index contributed by atoms with van der Waals surface area (Å²) in [5.74, 6) is -11.1. The Morgan fingerprint density at radius 3 is 1.67 bits per heavy atom. The molecule has 2 fully saturated rings. The highest BCUT2D eigenvalue weighted by Crippen LogP contribution is 2.29. The van der Waals surface area contributed by atoms with E-state index in [0.29, 0.717) is 70.7 Å². The molecule has 3 aliphatic rings. The summed E-state index contributed by atoms with van der Waals surface area (Å²) in [6.07, 6.45) is 1.28. The first kappa shape index (κ1) is 89.2. The zero-order chi connectivity index (χ0) is 82.8. The van der Waals surface area contributed by atoms with E-state index in [-0.39, 0.29) is 81.6 Å². The summed E-state index contributed by atoms with van der Waals surface area (Å²) in [4.78, 5) is 198. The number of aliphatic hydroxyl groups excluding tert-OH is 2. The standard InChI is InChI=1S/C80H109N15O17S2/c1-7-15-55-70(103)87-57-30-31-62(100)82-33-12-11-21-56(72(105)93-64(44(2)96)76(109)89-60(74(107)85-55)39-51-40-84-69-54(51)20-14-34-83-69)86-73(106)58(37-46-22-26-52(98)27-23-46)90-79(112)67(80(4,5)6)92-63(101)32-35-113-41-48-16-13-17-49(36-48)42-114-43-61(68(81)102)91-77(110)65(45(3)97)94-78(111)66(50-18-9-8-10-19-50)95-75(108)59(88-71(57)104)38-47-24-28-53(99)29-25-47/h13-14,16-17,20,22-29,34,36,40,44-45,50,55-61,64-67,96-99H,7-12,15,18-19,21,30-33,35,37-39,41-43H2,1-6H3,(H2,81,102)(H,82,100)(H,83,84)(H,85,107)(H,86,106)(H,87,103)(H,88,104)(H,89,109)(H,90,112)(H,91,110)(H,92,101)(H,93,105)(H,94,111)(H,95,108)/t44-,45-,55+,56+,57+,58+,59+,60+,61-,64+,65+,66+,67-/m1/s1. The summed E-state index contributed by atoms with van der Waals surface area (Å²) in [7, 11) is 0. The van der Waals surface area contributed by atoms with Crippen LogP contribution in [0.3, 0.4) is 0 Å². The van der Waals surface area contributed by atoms with Gasteiger partial charge in [-0.2, -0.15) is 23.5 Å². The topological polar surface area (TPSA) is 502 Å². The van der Waals surface area contributed by atoms with E-state index in [2.05, 4.69) is 73.8 Å². The lowest BCUT2D eigenvalue weighted by atomic mass is 9.83. The lowest BCUT2D eigenvalue weighted by molar-refractivity contribution is -0.137. The number of nitrogens with two attached hydrogens (primary N) is 1. The van der Waals surface area contributed by atoms with Gasteiger partial charge in [0.1, 0.15) is 83.6 Å². The summed E-state index contributed by atoms with van der Waals surface area (Å²) in [6.45, 7) is 9.28. The Morgan fingerprint density at radius 2 is 1.06 bits per heavy atom. The highest BCUT2D eigenvalue weighted by molar-refractivity contribution is 7.98. The van der Waals surface area contributed by atoms with E-state index in [1.807, 2.05) is 24.3 Å². The first-order chi connectivity index (χ1) is 54.3. The molecule has 1 saturated carbocycles. The number of rotatable bonds is 12. The van der Waals surface area contributed by atoms with E-state index in [4.69, 9.17) is 5.73 Å². The van der Waals surface area contributed by atoms with Gasteiger partial charge in [0.25, 0.3) is 0 Å². The van der Waals surface area contributed by atoms with Crippen molar-refractivity contribution in [2.24, 2.45) is 17.1 Å². The van der Waals surface area contributed by atoms with Crippen LogP contribution in [0.1, 0.15) is 153 Å². The van der Waals surface area contributed by atoms with Crippen molar-refractivity contribution in [3.63, 3.8) is 0 Å². The van der Waals surface area contributed by atoms with E-state index in [9.17, 15) is 63.6 Å². The fourth-order valence-electron chi connectivity index (χ4n) is 13.8. The van der Waals surface area contributed by atoms with Crippen molar-refractivity contribution in [2.45, 2.75) is 234 Å². The lowest BCUT2D eigenvalue weighted by Crippen LogP contribution is -2.63. The van der Waals surface area contributed by atoms with Crippen LogP contribution in [0.15, 0.2) is 97.3 Å². The number of pyridine rings is 1. The van der Waals surface area contributed by atoms with Gasteiger partial charge in [-0.1, -0.05) is 102 Å². The zero-order valence-electron chi connectivity index (χ0n) is 65.1. The number of aromatic nitrogens is 2. The molecule has 2 aromatic heterocycles. The predicted octanol–water partition coefficient (Wildman–Crippen LogP) is 1.66. The van der Waals surface area contributed by atoms with Crippen LogP contribution in [0, 0.1) is 11.3 Å². The molecule has 0 radical (unpaired) electrons. The van der Waals surface area contributed by atoms with E-state index in [1.54, 1.807) is 46.0 Å². The number of phenols is 2. The summed E-state index contributed by atoms with van der Waals surface area (Å²) < 4.78 is 0. The number of hydrogen-bond donors (Lipinski definition) is 18. The first-order valence-electron chi connectivity index (χ1n) is 38.8. The third kappa shape index (κ3) is 27.2. The van der Waals surface area contributed by atoms with Crippen LogP contribution < -0.4 is 69.5 Å². The lowest BCUT2D eigenvalue weighted by Gasteiger charge is -2.33. The van der Waals surface area contributed by atoms with Crippen LogP contribution in [0.2, 0.25) is 0 Å². The molecule has 0 unspecified atom stereocenters. The molecule has 5 aromatic rings. The second kappa shape index (κ2) is 43.2. The molecule has 618 valence electrons. The van der Waals surface area contributed by atoms with Crippen molar-refractivity contribution in [1.29, 1.82) is 0 Å². The van der Waals surface area contributed by atoms with Gasteiger partial charge in [-0.3, -0.25) is 62.3 Å². The van der Waals surface area contributed by atoms with Crippen molar-refractivity contribution < 1.29 is 82.8 Å². The summed E-state index contributed by atoms with van der Waals surface area (Å²) >= 11 is 2.72. The number of benzene rings is 3. The number of nitrogens with one attached hydrogen (secondary N) is 13. The van der Waals surface area contributed by atoms with Crippen LogP contribution in [-0.4, -0.2) is 204 Å². The highest BCUT2D eigenvalue weighted by atomic mass is 32.2. The average molecular weight is 1620 g/mol. The van der Waals surface area contributed by atoms with Gasteiger partial charge in [0.15, 0.2) is 0 Å². The van der Waals surface area contributed by atoms with Crippen molar-refractivity contribution in [3.8, 4) is 11.5 Å².